The van der Waals surface area contributed by atoms with Gasteiger partial charge in [-0.15, -0.1) is 22.7 Å². The molecule has 0 atom stereocenters. The zero-order valence-corrected chi connectivity index (χ0v) is 68.6. The van der Waals surface area contributed by atoms with Crippen molar-refractivity contribution >= 4 is 77.6 Å². The van der Waals surface area contributed by atoms with E-state index in [0.29, 0.717) is 0 Å². The number of rotatable bonds is 61. The molecule has 0 amide bonds. The average molecular weight is 1430 g/mol. The summed E-state index contributed by atoms with van der Waals surface area (Å²) in [6.07, 6.45) is 82.7. The Kier molecular flexibility index (Phi) is 37.4. The maximum absolute atomic E-state index is 5.52. The van der Waals surface area contributed by atoms with Crippen molar-refractivity contribution in [3.05, 3.63) is 69.1 Å². The standard InChI is InChI=1S/C92H144N4S4/c1-7-11-15-19-23-27-31-35-39-43-47-51-55-59-63-91(64-60-56-52-48-44-40-36-32-28-24-20-16-12-8-2)78-70-76-79(69-75(78)85-80(91)67-73(5)87-89(85)95-99-93-87)92(65-61-57-53-49-45-41-37-33-29-25-21-17-13-9-3,66-62-58-54-50-46-42-38-34-30-26-22-18-14-10-4)81-71-77(88-90(86(76)81)96-100-94-88)82-72-84-83(98-82)68-74(6)97-84/h67-72H,7-66H2,1-6H3. The number of hydrogen-bond donors (Lipinski definition) is 0. The molecule has 9 rings (SSSR count). The van der Waals surface area contributed by atoms with Gasteiger partial charge in [-0.3, -0.25) is 0 Å². The van der Waals surface area contributed by atoms with Crippen molar-refractivity contribution in [1.82, 2.24) is 17.5 Å². The van der Waals surface area contributed by atoms with Crippen molar-refractivity contribution in [1.29, 1.82) is 0 Å². The molecule has 3 aromatic carbocycles. The Morgan fingerprint density at radius 3 is 0.830 bits per heavy atom. The highest BCUT2D eigenvalue weighted by Crippen LogP contribution is 2.64. The molecule has 8 heteroatoms. The molecule has 0 spiro atoms. The summed E-state index contributed by atoms with van der Waals surface area (Å²) in [6.45, 7) is 14.0. The van der Waals surface area contributed by atoms with Crippen molar-refractivity contribution in [2.75, 3.05) is 0 Å². The van der Waals surface area contributed by atoms with Gasteiger partial charge in [0.05, 0.1) is 23.5 Å². The molecule has 7 aromatic rings. The van der Waals surface area contributed by atoms with Crippen LogP contribution in [-0.4, -0.2) is 17.5 Å². The maximum Gasteiger partial charge on any atom is 0.114 e. The van der Waals surface area contributed by atoms with Crippen LogP contribution in [-0.2, 0) is 10.8 Å². The van der Waals surface area contributed by atoms with E-state index in [4.69, 9.17) is 17.5 Å². The first-order valence-electron chi connectivity index (χ1n) is 43.6. The fourth-order valence-electron chi connectivity index (χ4n) is 18.5. The molecule has 100 heavy (non-hydrogen) atoms. The van der Waals surface area contributed by atoms with Crippen LogP contribution >= 0.6 is 46.1 Å². The maximum atomic E-state index is 5.52. The van der Waals surface area contributed by atoms with E-state index < -0.39 is 0 Å². The molecule has 0 N–H and O–H groups in total. The Morgan fingerprint density at radius 2 is 0.510 bits per heavy atom. The molecule has 0 saturated heterocycles. The third-order valence-electron chi connectivity index (χ3n) is 24.5. The summed E-state index contributed by atoms with van der Waals surface area (Å²) < 4.78 is 24.2. The normalized spacial score (nSPS) is 13.7. The topological polar surface area (TPSA) is 51.6 Å². The van der Waals surface area contributed by atoms with Crippen molar-refractivity contribution < 1.29 is 0 Å². The second kappa shape index (κ2) is 46.1. The number of aryl methyl sites for hydroxylation is 2. The van der Waals surface area contributed by atoms with Gasteiger partial charge in [0, 0.05) is 46.7 Å². The van der Waals surface area contributed by atoms with E-state index in [1.165, 1.54) is 467 Å². The summed E-state index contributed by atoms with van der Waals surface area (Å²) in [4.78, 5) is 2.77. The van der Waals surface area contributed by atoms with Crippen molar-refractivity contribution in [2.24, 2.45) is 0 Å². The monoisotopic (exact) mass is 1430 g/mol. The number of unbranched alkanes of at least 4 members (excludes halogenated alkanes) is 52. The Labute approximate surface area is 629 Å². The van der Waals surface area contributed by atoms with E-state index in [-0.39, 0.29) is 10.8 Å². The van der Waals surface area contributed by atoms with Crippen LogP contribution in [0, 0.1) is 13.8 Å². The highest BCUT2D eigenvalue weighted by molar-refractivity contribution is 7.29. The third kappa shape index (κ3) is 23.5. The van der Waals surface area contributed by atoms with Crippen LogP contribution in [0.15, 0.2) is 36.4 Å². The number of fused-ring (bicyclic) bond motifs is 11. The average Bonchev–Trinajstić information content (AvgIpc) is 1.52. The van der Waals surface area contributed by atoms with Crippen LogP contribution in [0.25, 0.3) is 64.2 Å². The smallest absolute Gasteiger partial charge is 0.114 e. The van der Waals surface area contributed by atoms with Crippen LogP contribution in [0.4, 0.5) is 0 Å². The number of hydrogen-bond acceptors (Lipinski definition) is 8. The molecule has 556 valence electrons. The lowest BCUT2D eigenvalue weighted by Gasteiger charge is -2.35. The molecule has 0 unspecified atom stereocenters. The fourth-order valence-corrected chi connectivity index (χ4v) is 22.0. The van der Waals surface area contributed by atoms with Gasteiger partial charge in [-0.1, -0.05) is 393 Å². The first-order valence-corrected chi connectivity index (χ1v) is 46.7. The minimum Gasteiger partial charge on any atom is -0.173 e. The first kappa shape index (κ1) is 81.0. The lowest BCUT2D eigenvalue weighted by molar-refractivity contribution is 0.393. The van der Waals surface area contributed by atoms with Gasteiger partial charge in [0.2, 0.25) is 0 Å². The molecule has 0 bridgehead atoms. The number of nitrogens with zero attached hydrogens (tertiary/aromatic N) is 4. The van der Waals surface area contributed by atoms with Crippen LogP contribution in [0.5, 0.6) is 0 Å². The molecule has 0 fully saturated rings. The quantitative estimate of drug-likeness (QED) is 0.0357. The van der Waals surface area contributed by atoms with Crippen LogP contribution in [0.1, 0.15) is 446 Å². The molecule has 2 aliphatic carbocycles. The molecular formula is C92H144N4S4. The molecule has 2 aliphatic rings. The summed E-state index contributed by atoms with van der Waals surface area (Å²) in [5.74, 6) is 0. The van der Waals surface area contributed by atoms with Gasteiger partial charge in [0.25, 0.3) is 0 Å². The van der Waals surface area contributed by atoms with Gasteiger partial charge < -0.3 is 0 Å². The van der Waals surface area contributed by atoms with Crippen LogP contribution < -0.4 is 0 Å². The zero-order valence-electron chi connectivity index (χ0n) is 65.3. The summed E-state index contributed by atoms with van der Waals surface area (Å²) >= 11 is 6.84. The molecule has 0 saturated carbocycles. The lowest BCUT2D eigenvalue weighted by Crippen LogP contribution is -2.27. The molecule has 0 radical (unpaired) electrons. The Hall–Kier alpha value is -3.04. The summed E-state index contributed by atoms with van der Waals surface area (Å²) in [7, 11) is 0. The first-order chi connectivity index (χ1) is 49.4. The largest absolute Gasteiger partial charge is 0.173 e. The number of thiophene rings is 2. The second-order valence-electron chi connectivity index (χ2n) is 32.6. The van der Waals surface area contributed by atoms with E-state index in [2.05, 4.69) is 77.9 Å². The van der Waals surface area contributed by atoms with Gasteiger partial charge in [0.15, 0.2) is 0 Å². The molecular weight excluding hydrogens is 1290 g/mol. The lowest BCUT2D eigenvalue weighted by atomic mass is 9.68. The Bertz CT molecular complexity index is 3260. The second-order valence-corrected chi connectivity index (χ2v) is 36.0. The third-order valence-corrected chi connectivity index (χ3v) is 27.7. The Morgan fingerprint density at radius 1 is 0.250 bits per heavy atom. The van der Waals surface area contributed by atoms with Crippen molar-refractivity contribution in [3.63, 3.8) is 0 Å². The van der Waals surface area contributed by atoms with Gasteiger partial charge in [-0.25, -0.2) is 0 Å². The van der Waals surface area contributed by atoms with E-state index in [1.807, 2.05) is 22.7 Å². The van der Waals surface area contributed by atoms with Crippen molar-refractivity contribution in [3.8, 4) is 32.7 Å². The van der Waals surface area contributed by atoms with E-state index >= 15 is 0 Å². The molecule has 4 heterocycles. The highest BCUT2D eigenvalue weighted by atomic mass is 32.1. The van der Waals surface area contributed by atoms with Crippen LogP contribution in [0.2, 0.25) is 0 Å². The molecule has 0 aliphatic heterocycles. The molecule has 4 aromatic heterocycles. The summed E-state index contributed by atoms with van der Waals surface area (Å²) in [5, 5.41) is 0. The number of aromatic nitrogens is 4. The van der Waals surface area contributed by atoms with Gasteiger partial charge in [0.1, 0.15) is 22.1 Å². The SMILES string of the molecule is CCCCCCCCCCCCCCCCC1(CCCCCCCCCCCCCCCC)c2cc3c(cc2-c2c1cc(C)c1nsnc21)C(CCCCCCCCCCCCCCCC)(CCCCCCCCCCCCCCCC)c1cc(-c2cc4sc(C)cc4s2)c2nsnc2c1-3. The summed E-state index contributed by atoms with van der Waals surface area (Å²) in [5.41, 5.74) is 19.3. The fraction of sp³-hybridized carbons (Fsp3) is 0.739. The zero-order chi connectivity index (χ0) is 69.7. The van der Waals surface area contributed by atoms with E-state index in [1.54, 1.807) is 22.3 Å². The predicted octanol–water partition coefficient (Wildman–Crippen LogP) is 33.3. The van der Waals surface area contributed by atoms with Gasteiger partial charge >= 0.3 is 0 Å². The Balaban J connectivity index is 1.03. The van der Waals surface area contributed by atoms with Crippen LogP contribution in [0.3, 0.4) is 0 Å². The minimum absolute atomic E-state index is 0.0779. The number of benzene rings is 3. The summed E-state index contributed by atoms with van der Waals surface area (Å²) in [6, 6.07) is 16.0. The van der Waals surface area contributed by atoms with Gasteiger partial charge in [-0.05, 0) is 109 Å². The minimum atomic E-state index is -0.120. The highest BCUT2D eigenvalue weighted by Gasteiger charge is 2.50. The predicted molar refractivity (Wildman–Crippen MR) is 449 cm³/mol. The van der Waals surface area contributed by atoms with Crippen molar-refractivity contribution in [2.45, 2.75) is 438 Å². The van der Waals surface area contributed by atoms with E-state index in [9.17, 15) is 0 Å². The van der Waals surface area contributed by atoms with E-state index in [0.717, 1.165) is 16.6 Å². The van der Waals surface area contributed by atoms with Gasteiger partial charge in [-0.2, -0.15) is 17.5 Å². The molecule has 4 nitrogen and oxygen atoms in total.